The molecule has 4 aromatic rings. The molecule has 8 heteroatoms. The highest BCUT2D eigenvalue weighted by Gasteiger charge is 2.13. The van der Waals surface area contributed by atoms with Crippen LogP contribution in [0.3, 0.4) is 0 Å². The first-order valence-corrected chi connectivity index (χ1v) is 8.85. The van der Waals surface area contributed by atoms with Gasteiger partial charge in [-0.3, -0.25) is 4.68 Å². The van der Waals surface area contributed by atoms with Crippen LogP contribution in [0.25, 0.3) is 11.4 Å². The Labute approximate surface area is 165 Å². The van der Waals surface area contributed by atoms with Gasteiger partial charge in [0.05, 0.1) is 18.3 Å². The van der Waals surface area contributed by atoms with Crippen molar-refractivity contribution in [3.63, 3.8) is 0 Å². The minimum atomic E-state index is -0.492. The van der Waals surface area contributed by atoms with E-state index in [1.54, 1.807) is 42.1 Å². The lowest BCUT2D eigenvalue weighted by Crippen LogP contribution is -2.07. The van der Waals surface area contributed by atoms with Crippen molar-refractivity contribution >= 4 is 17.6 Å². The number of hydrogen-bond acceptors (Lipinski definition) is 6. The molecule has 0 amide bonds. The van der Waals surface area contributed by atoms with Gasteiger partial charge in [0.15, 0.2) is 0 Å². The topological polar surface area (TPSA) is 83.0 Å². The first-order chi connectivity index (χ1) is 13.6. The first-order valence-electron chi connectivity index (χ1n) is 8.47. The van der Waals surface area contributed by atoms with Crippen molar-refractivity contribution in [3.05, 3.63) is 83.0 Å². The molecular formula is C20H15ClN4O3. The third-order valence-electron chi connectivity index (χ3n) is 4.01. The number of carbonyl (C=O) groups excluding carboxylic acids is 1. The van der Waals surface area contributed by atoms with Crippen LogP contribution in [0.15, 0.2) is 65.4 Å². The fourth-order valence-corrected chi connectivity index (χ4v) is 2.81. The third-order valence-corrected chi connectivity index (χ3v) is 4.38. The van der Waals surface area contributed by atoms with Crippen LogP contribution in [0, 0.1) is 6.92 Å². The molecule has 0 unspecified atom stereocenters. The summed E-state index contributed by atoms with van der Waals surface area (Å²) in [6.45, 7) is 2.18. The van der Waals surface area contributed by atoms with Crippen LogP contribution in [-0.2, 0) is 6.54 Å². The number of nitrogens with zero attached hydrogens (tertiary/aromatic N) is 4. The van der Waals surface area contributed by atoms with Crippen LogP contribution >= 0.6 is 11.6 Å². The highest BCUT2D eigenvalue weighted by Crippen LogP contribution is 2.21. The zero-order valence-electron chi connectivity index (χ0n) is 14.9. The maximum Gasteiger partial charge on any atom is 0.346 e. The van der Waals surface area contributed by atoms with E-state index in [-0.39, 0.29) is 0 Å². The van der Waals surface area contributed by atoms with Crippen molar-refractivity contribution in [3.8, 4) is 17.1 Å². The number of halogens is 1. The van der Waals surface area contributed by atoms with E-state index in [2.05, 4.69) is 15.2 Å². The Bertz CT molecular complexity index is 1120. The average Bonchev–Trinajstić information content (AvgIpc) is 3.33. The van der Waals surface area contributed by atoms with Gasteiger partial charge in [-0.05, 0) is 35.9 Å². The highest BCUT2D eigenvalue weighted by molar-refractivity contribution is 6.31. The molecule has 0 aliphatic heterocycles. The summed E-state index contributed by atoms with van der Waals surface area (Å²) >= 11 is 6.16. The summed E-state index contributed by atoms with van der Waals surface area (Å²) in [6, 6.07) is 14.4. The Morgan fingerprint density at radius 1 is 1.18 bits per heavy atom. The minimum absolute atomic E-state index is 0.352. The number of aromatic nitrogens is 4. The summed E-state index contributed by atoms with van der Waals surface area (Å²) in [4.78, 5) is 16.5. The molecule has 0 aliphatic carbocycles. The maximum absolute atomic E-state index is 12.4. The molecule has 0 aliphatic rings. The average molecular weight is 395 g/mol. The monoisotopic (exact) mass is 394 g/mol. The predicted molar refractivity (Wildman–Crippen MR) is 102 cm³/mol. The molecule has 28 heavy (non-hydrogen) atoms. The molecule has 0 fully saturated rings. The van der Waals surface area contributed by atoms with Gasteiger partial charge >= 0.3 is 5.97 Å². The fourth-order valence-electron chi connectivity index (χ4n) is 2.61. The second kappa shape index (κ2) is 7.66. The Kier molecular flexibility index (Phi) is 4.90. The number of hydrogen-bond donors (Lipinski definition) is 0. The SMILES string of the molecule is Cc1nc(-c2ccc(OC(=O)c3cnn(Cc4ccccc4Cl)c3)cc2)no1. The lowest BCUT2D eigenvalue weighted by Gasteiger charge is -2.04. The van der Waals surface area contributed by atoms with Gasteiger partial charge in [0.2, 0.25) is 11.7 Å². The molecule has 2 aromatic carbocycles. The standard InChI is InChI=1S/C20H15ClN4O3/c1-13-23-19(24-28-13)14-6-8-17(9-7-14)27-20(26)16-10-22-25(12-16)11-15-4-2-3-5-18(15)21/h2-10,12H,11H2,1H3. The van der Waals surface area contributed by atoms with E-state index in [9.17, 15) is 4.79 Å². The quantitative estimate of drug-likeness (QED) is 0.373. The molecule has 2 aromatic heterocycles. The Morgan fingerprint density at radius 3 is 2.68 bits per heavy atom. The predicted octanol–water partition coefficient (Wildman–Crippen LogP) is 4.16. The van der Waals surface area contributed by atoms with Crippen molar-refractivity contribution < 1.29 is 14.1 Å². The van der Waals surface area contributed by atoms with Gasteiger partial charge in [0.1, 0.15) is 5.75 Å². The molecule has 0 N–H and O–H groups in total. The second-order valence-corrected chi connectivity index (χ2v) is 6.48. The van der Waals surface area contributed by atoms with Gasteiger partial charge in [-0.15, -0.1) is 0 Å². The largest absolute Gasteiger partial charge is 0.423 e. The molecule has 0 saturated heterocycles. The van der Waals surface area contributed by atoms with Crippen molar-refractivity contribution in [2.45, 2.75) is 13.5 Å². The van der Waals surface area contributed by atoms with Gasteiger partial charge in [-0.25, -0.2) is 4.79 Å². The van der Waals surface area contributed by atoms with Crippen molar-refractivity contribution in [1.82, 2.24) is 19.9 Å². The number of carbonyl (C=O) groups is 1. The van der Waals surface area contributed by atoms with E-state index < -0.39 is 5.97 Å². The zero-order chi connectivity index (χ0) is 19.5. The summed E-state index contributed by atoms with van der Waals surface area (Å²) in [7, 11) is 0. The van der Waals surface area contributed by atoms with Gasteiger partial charge in [-0.1, -0.05) is 35.0 Å². The zero-order valence-corrected chi connectivity index (χ0v) is 15.6. The summed E-state index contributed by atoms with van der Waals surface area (Å²) < 4.78 is 12.0. The van der Waals surface area contributed by atoms with Gasteiger partial charge in [0.25, 0.3) is 0 Å². The molecule has 140 valence electrons. The van der Waals surface area contributed by atoms with Gasteiger partial charge in [-0.2, -0.15) is 10.1 Å². The number of esters is 1. The summed E-state index contributed by atoms with van der Waals surface area (Å²) in [5.41, 5.74) is 2.04. The molecule has 7 nitrogen and oxygen atoms in total. The maximum atomic E-state index is 12.4. The van der Waals surface area contributed by atoms with E-state index in [4.69, 9.17) is 20.9 Å². The third kappa shape index (κ3) is 3.94. The van der Waals surface area contributed by atoms with E-state index in [1.807, 2.05) is 24.3 Å². The van der Waals surface area contributed by atoms with E-state index >= 15 is 0 Å². The molecule has 0 bridgehead atoms. The number of ether oxygens (including phenoxy) is 1. The highest BCUT2D eigenvalue weighted by atomic mass is 35.5. The van der Waals surface area contributed by atoms with E-state index in [0.717, 1.165) is 11.1 Å². The van der Waals surface area contributed by atoms with Crippen LogP contribution in [0.4, 0.5) is 0 Å². The van der Waals surface area contributed by atoms with E-state index in [0.29, 0.717) is 34.6 Å². The smallest absolute Gasteiger partial charge is 0.346 e. The van der Waals surface area contributed by atoms with Gasteiger partial charge in [0, 0.05) is 23.7 Å². The Hall–Kier alpha value is -3.45. The molecule has 0 radical (unpaired) electrons. The molecule has 0 saturated carbocycles. The molecule has 0 atom stereocenters. The number of rotatable bonds is 5. The summed E-state index contributed by atoms with van der Waals surface area (Å²) in [5.74, 6) is 0.886. The molecule has 0 spiro atoms. The number of aryl methyl sites for hydroxylation is 1. The lowest BCUT2D eigenvalue weighted by atomic mass is 10.2. The van der Waals surface area contributed by atoms with Crippen LogP contribution in [0.2, 0.25) is 5.02 Å². The fraction of sp³-hybridized carbons (Fsp3) is 0.100. The second-order valence-electron chi connectivity index (χ2n) is 6.07. The van der Waals surface area contributed by atoms with Crippen LogP contribution < -0.4 is 4.74 Å². The lowest BCUT2D eigenvalue weighted by molar-refractivity contribution is 0.0734. The Balaban J connectivity index is 1.43. The minimum Gasteiger partial charge on any atom is -0.423 e. The Morgan fingerprint density at radius 2 is 1.96 bits per heavy atom. The summed E-state index contributed by atoms with van der Waals surface area (Å²) in [6.07, 6.45) is 3.09. The summed E-state index contributed by atoms with van der Waals surface area (Å²) in [5, 5.41) is 8.71. The molecule has 2 heterocycles. The first kappa shape index (κ1) is 17.9. The van der Waals surface area contributed by atoms with Crippen LogP contribution in [-0.4, -0.2) is 25.9 Å². The van der Waals surface area contributed by atoms with Crippen molar-refractivity contribution in [2.75, 3.05) is 0 Å². The van der Waals surface area contributed by atoms with Crippen molar-refractivity contribution in [1.29, 1.82) is 0 Å². The van der Waals surface area contributed by atoms with E-state index in [1.165, 1.54) is 6.20 Å². The van der Waals surface area contributed by atoms with Crippen LogP contribution in [0.1, 0.15) is 21.8 Å². The van der Waals surface area contributed by atoms with Crippen LogP contribution in [0.5, 0.6) is 5.75 Å². The molecule has 4 rings (SSSR count). The van der Waals surface area contributed by atoms with Gasteiger partial charge < -0.3 is 9.26 Å². The number of benzene rings is 2. The molecular weight excluding hydrogens is 380 g/mol. The normalized spacial score (nSPS) is 10.8. The van der Waals surface area contributed by atoms with Crippen molar-refractivity contribution in [2.24, 2.45) is 0 Å².